The van der Waals surface area contributed by atoms with Crippen molar-refractivity contribution >= 4 is 29.5 Å². The van der Waals surface area contributed by atoms with Crippen molar-refractivity contribution in [3.8, 4) is 5.75 Å². The molecule has 27 heavy (non-hydrogen) atoms. The van der Waals surface area contributed by atoms with Gasteiger partial charge in [0.15, 0.2) is 0 Å². The second kappa shape index (κ2) is 8.89. The van der Waals surface area contributed by atoms with Crippen LogP contribution in [0.5, 0.6) is 5.75 Å². The van der Waals surface area contributed by atoms with Gasteiger partial charge in [-0.25, -0.2) is 4.79 Å². The number of ether oxygens (including phenoxy) is 2. The van der Waals surface area contributed by atoms with Crippen molar-refractivity contribution in [2.24, 2.45) is 0 Å². The molecule has 2 rings (SSSR count). The summed E-state index contributed by atoms with van der Waals surface area (Å²) in [7, 11) is 1.58. The van der Waals surface area contributed by atoms with Gasteiger partial charge in [-0.15, -0.1) is 0 Å². The summed E-state index contributed by atoms with van der Waals surface area (Å²) in [6.07, 6.45) is 2.55. The van der Waals surface area contributed by atoms with E-state index in [0.717, 1.165) is 5.56 Å². The zero-order valence-corrected chi connectivity index (χ0v) is 15.9. The first-order valence-electron chi connectivity index (χ1n) is 8.49. The fourth-order valence-corrected chi connectivity index (χ4v) is 2.25. The largest absolute Gasteiger partial charge is 0.496 e. The number of hydrogen-bond donors (Lipinski definition) is 2. The fourth-order valence-electron chi connectivity index (χ4n) is 2.25. The van der Waals surface area contributed by atoms with Gasteiger partial charge in [0.1, 0.15) is 11.4 Å². The molecule has 0 aromatic heterocycles. The van der Waals surface area contributed by atoms with Crippen molar-refractivity contribution in [1.29, 1.82) is 0 Å². The van der Waals surface area contributed by atoms with Crippen molar-refractivity contribution in [3.05, 3.63) is 60.2 Å². The number of para-hydroxylation sites is 1. The highest BCUT2D eigenvalue weighted by Gasteiger charge is 2.16. The number of hydrogen-bond acceptors (Lipinski definition) is 4. The third-order valence-electron chi connectivity index (χ3n) is 3.33. The molecule has 6 heteroatoms. The van der Waals surface area contributed by atoms with Gasteiger partial charge in [0.2, 0.25) is 5.91 Å². The molecule has 0 spiro atoms. The molecule has 2 aromatic carbocycles. The summed E-state index contributed by atoms with van der Waals surface area (Å²) in [6, 6.07) is 14.2. The lowest BCUT2D eigenvalue weighted by molar-refractivity contribution is -0.111. The van der Waals surface area contributed by atoms with E-state index >= 15 is 0 Å². The van der Waals surface area contributed by atoms with E-state index in [0.29, 0.717) is 17.1 Å². The summed E-state index contributed by atoms with van der Waals surface area (Å²) in [5, 5.41) is 5.39. The predicted molar refractivity (Wildman–Crippen MR) is 107 cm³/mol. The highest BCUT2D eigenvalue weighted by Crippen LogP contribution is 2.19. The zero-order chi connectivity index (χ0) is 19.9. The Labute approximate surface area is 159 Å². The van der Waals surface area contributed by atoms with Gasteiger partial charge in [0.25, 0.3) is 0 Å². The number of carbonyl (C=O) groups excluding carboxylic acids is 2. The summed E-state index contributed by atoms with van der Waals surface area (Å²) >= 11 is 0. The van der Waals surface area contributed by atoms with E-state index in [2.05, 4.69) is 10.6 Å². The summed E-state index contributed by atoms with van der Waals surface area (Å²) in [5.74, 6) is 0.389. The first-order valence-corrected chi connectivity index (χ1v) is 8.49. The van der Waals surface area contributed by atoms with E-state index in [-0.39, 0.29) is 5.91 Å². The lowest BCUT2D eigenvalue weighted by Gasteiger charge is -2.19. The van der Waals surface area contributed by atoms with Crippen LogP contribution in [0.4, 0.5) is 16.2 Å². The van der Waals surface area contributed by atoms with Gasteiger partial charge >= 0.3 is 6.09 Å². The Morgan fingerprint density at radius 1 is 0.963 bits per heavy atom. The normalized spacial score (nSPS) is 11.1. The van der Waals surface area contributed by atoms with Crippen LogP contribution >= 0.6 is 0 Å². The van der Waals surface area contributed by atoms with Crippen molar-refractivity contribution in [2.75, 3.05) is 17.7 Å². The first-order chi connectivity index (χ1) is 12.8. The summed E-state index contributed by atoms with van der Waals surface area (Å²) < 4.78 is 10.5. The summed E-state index contributed by atoms with van der Waals surface area (Å²) in [6.45, 7) is 5.37. The van der Waals surface area contributed by atoms with Crippen LogP contribution in [0.15, 0.2) is 54.6 Å². The maximum atomic E-state index is 12.2. The minimum Gasteiger partial charge on any atom is -0.496 e. The number of benzene rings is 2. The van der Waals surface area contributed by atoms with Gasteiger partial charge in [0.05, 0.1) is 7.11 Å². The van der Waals surface area contributed by atoms with E-state index in [1.54, 1.807) is 58.2 Å². The number of methoxy groups -OCH3 is 1. The number of rotatable bonds is 5. The molecule has 142 valence electrons. The van der Waals surface area contributed by atoms with Crippen LogP contribution in [-0.2, 0) is 9.53 Å². The molecule has 0 heterocycles. The van der Waals surface area contributed by atoms with Gasteiger partial charge in [-0.3, -0.25) is 10.1 Å². The summed E-state index contributed by atoms with van der Waals surface area (Å²) in [5.41, 5.74) is 1.30. The molecule has 6 nitrogen and oxygen atoms in total. The third kappa shape index (κ3) is 6.86. The molecule has 0 aliphatic carbocycles. The van der Waals surface area contributed by atoms with E-state index in [4.69, 9.17) is 9.47 Å². The summed E-state index contributed by atoms with van der Waals surface area (Å²) in [4.78, 5) is 24.0. The van der Waals surface area contributed by atoms with Crippen LogP contribution < -0.4 is 15.4 Å². The quantitative estimate of drug-likeness (QED) is 0.751. The lowest BCUT2D eigenvalue weighted by atomic mass is 10.2. The number of amides is 2. The standard InChI is InChI=1S/C21H24N2O4/c1-21(2,3)27-20(25)23-17-10-7-9-16(14-17)22-19(24)13-12-15-8-5-6-11-18(15)26-4/h5-14H,1-4H3,(H,22,24)(H,23,25). The Kier molecular flexibility index (Phi) is 6.60. The van der Waals surface area contributed by atoms with Gasteiger partial charge in [-0.2, -0.15) is 0 Å². The highest BCUT2D eigenvalue weighted by atomic mass is 16.6. The molecule has 0 aliphatic rings. The Morgan fingerprint density at radius 2 is 1.63 bits per heavy atom. The maximum Gasteiger partial charge on any atom is 0.412 e. The number of nitrogens with one attached hydrogen (secondary N) is 2. The maximum absolute atomic E-state index is 12.2. The second-order valence-corrected chi connectivity index (χ2v) is 6.77. The molecular weight excluding hydrogens is 344 g/mol. The fraction of sp³-hybridized carbons (Fsp3) is 0.238. The zero-order valence-electron chi connectivity index (χ0n) is 15.9. The Morgan fingerprint density at radius 3 is 2.30 bits per heavy atom. The smallest absolute Gasteiger partial charge is 0.412 e. The Balaban J connectivity index is 2.00. The predicted octanol–water partition coefficient (Wildman–Crippen LogP) is 4.69. The average Bonchev–Trinajstić information content (AvgIpc) is 2.58. The molecule has 2 aromatic rings. The van der Waals surface area contributed by atoms with E-state index in [9.17, 15) is 9.59 Å². The first kappa shape index (κ1) is 20.0. The molecule has 0 saturated heterocycles. The second-order valence-electron chi connectivity index (χ2n) is 6.77. The van der Waals surface area contributed by atoms with Gasteiger partial charge < -0.3 is 14.8 Å². The van der Waals surface area contributed by atoms with Crippen LogP contribution in [0.3, 0.4) is 0 Å². The minimum absolute atomic E-state index is 0.296. The molecule has 0 fully saturated rings. The molecule has 0 bridgehead atoms. The molecule has 0 radical (unpaired) electrons. The molecule has 0 saturated carbocycles. The van der Waals surface area contributed by atoms with Crippen molar-refractivity contribution in [3.63, 3.8) is 0 Å². The third-order valence-corrected chi connectivity index (χ3v) is 3.33. The van der Waals surface area contributed by atoms with E-state index in [1.807, 2.05) is 24.3 Å². The van der Waals surface area contributed by atoms with Crippen LogP contribution in [0.25, 0.3) is 6.08 Å². The van der Waals surface area contributed by atoms with Crippen LogP contribution in [0, 0.1) is 0 Å². The topological polar surface area (TPSA) is 76.7 Å². The van der Waals surface area contributed by atoms with Crippen molar-refractivity contribution in [2.45, 2.75) is 26.4 Å². The molecule has 0 unspecified atom stereocenters. The Hall–Kier alpha value is -3.28. The van der Waals surface area contributed by atoms with E-state index < -0.39 is 11.7 Å². The van der Waals surface area contributed by atoms with Crippen LogP contribution in [0.2, 0.25) is 0 Å². The average molecular weight is 368 g/mol. The minimum atomic E-state index is -0.584. The highest BCUT2D eigenvalue weighted by molar-refractivity contribution is 6.02. The number of carbonyl (C=O) groups is 2. The van der Waals surface area contributed by atoms with Gasteiger partial charge in [-0.05, 0) is 51.1 Å². The molecule has 2 amide bonds. The molecule has 0 aliphatic heterocycles. The van der Waals surface area contributed by atoms with Gasteiger partial charge in [-0.1, -0.05) is 24.3 Å². The van der Waals surface area contributed by atoms with Crippen LogP contribution in [-0.4, -0.2) is 24.7 Å². The lowest BCUT2D eigenvalue weighted by Crippen LogP contribution is -2.27. The Bertz CT molecular complexity index is 838. The monoisotopic (exact) mass is 368 g/mol. The van der Waals surface area contributed by atoms with Crippen LogP contribution in [0.1, 0.15) is 26.3 Å². The number of anilines is 2. The molecule has 2 N–H and O–H groups in total. The molecule has 0 atom stereocenters. The SMILES string of the molecule is COc1ccccc1C=CC(=O)Nc1cccc(NC(=O)OC(C)(C)C)c1. The van der Waals surface area contributed by atoms with Crippen molar-refractivity contribution < 1.29 is 19.1 Å². The van der Waals surface area contributed by atoms with Crippen molar-refractivity contribution in [1.82, 2.24) is 0 Å². The van der Waals surface area contributed by atoms with E-state index in [1.165, 1.54) is 6.08 Å². The van der Waals surface area contributed by atoms with Gasteiger partial charge in [0, 0.05) is 23.0 Å². The molecular formula is C21H24N2O4.